The highest BCUT2D eigenvalue weighted by atomic mass is 79.9. The van der Waals surface area contributed by atoms with Gasteiger partial charge in [0.25, 0.3) is 11.1 Å². The zero-order valence-electron chi connectivity index (χ0n) is 16.0. The van der Waals surface area contributed by atoms with Gasteiger partial charge in [0, 0.05) is 10.0 Å². The Hall–Kier alpha value is -2.83. The van der Waals surface area contributed by atoms with Crippen molar-refractivity contribution in [1.29, 1.82) is 0 Å². The third-order valence-corrected chi connectivity index (χ3v) is 6.01. The zero-order valence-corrected chi connectivity index (χ0v) is 18.4. The maximum Gasteiger partial charge on any atom is 0.293 e. The Balaban J connectivity index is 1.51. The molecule has 0 aliphatic carbocycles. The molecule has 0 bridgehead atoms. The Kier molecular flexibility index (Phi) is 6.35. The first-order valence-electron chi connectivity index (χ1n) is 9.36. The highest BCUT2D eigenvalue weighted by Gasteiger charge is 2.35. The van der Waals surface area contributed by atoms with Gasteiger partial charge in [-0.25, -0.2) is 0 Å². The predicted molar refractivity (Wildman–Crippen MR) is 123 cm³/mol. The van der Waals surface area contributed by atoms with E-state index in [4.69, 9.17) is 4.74 Å². The fourth-order valence-corrected chi connectivity index (χ4v) is 4.11. The molecule has 0 spiro atoms. The first kappa shape index (κ1) is 20.4. The lowest BCUT2D eigenvalue weighted by Gasteiger charge is -2.12. The molecule has 3 aromatic carbocycles. The molecule has 6 heteroatoms. The van der Waals surface area contributed by atoms with Crippen molar-refractivity contribution in [2.24, 2.45) is 0 Å². The molecule has 30 heavy (non-hydrogen) atoms. The molecule has 1 aliphatic heterocycles. The van der Waals surface area contributed by atoms with Gasteiger partial charge in [-0.3, -0.25) is 14.5 Å². The molecule has 4 rings (SSSR count). The van der Waals surface area contributed by atoms with Crippen LogP contribution in [0.5, 0.6) is 5.75 Å². The largest absolute Gasteiger partial charge is 0.488 e. The van der Waals surface area contributed by atoms with Crippen molar-refractivity contribution in [2.45, 2.75) is 13.2 Å². The third kappa shape index (κ3) is 4.83. The lowest BCUT2D eigenvalue weighted by molar-refractivity contribution is -0.123. The van der Waals surface area contributed by atoms with Gasteiger partial charge in [-0.05, 0) is 47.2 Å². The molecule has 0 unspecified atom stereocenters. The van der Waals surface area contributed by atoms with Crippen molar-refractivity contribution in [3.63, 3.8) is 0 Å². The lowest BCUT2D eigenvalue weighted by atomic mass is 10.1. The first-order chi connectivity index (χ1) is 14.6. The summed E-state index contributed by atoms with van der Waals surface area (Å²) in [6, 6.07) is 25.0. The Morgan fingerprint density at radius 3 is 2.33 bits per heavy atom. The average Bonchev–Trinajstić information content (AvgIpc) is 3.03. The second kappa shape index (κ2) is 9.32. The van der Waals surface area contributed by atoms with Gasteiger partial charge in [0.2, 0.25) is 0 Å². The smallest absolute Gasteiger partial charge is 0.293 e. The molecule has 1 saturated heterocycles. The average molecular weight is 480 g/mol. The number of para-hydroxylation sites is 1. The number of hydrogen-bond acceptors (Lipinski definition) is 4. The number of rotatable bonds is 6. The Morgan fingerprint density at radius 1 is 0.867 bits per heavy atom. The van der Waals surface area contributed by atoms with Crippen LogP contribution in [0.3, 0.4) is 0 Å². The van der Waals surface area contributed by atoms with Gasteiger partial charge in [-0.15, -0.1) is 0 Å². The van der Waals surface area contributed by atoms with Crippen LogP contribution in [-0.4, -0.2) is 16.0 Å². The van der Waals surface area contributed by atoms with E-state index in [-0.39, 0.29) is 17.7 Å². The number of ether oxygens (including phenoxy) is 1. The summed E-state index contributed by atoms with van der Waals surface area (Å²) in [6.07, 6.45) is 1.73. The van der Waals surface area contributed by atoms with E-state index in [0.29, 0.717) is 17.3 Å². The zero-order chi connectivity index (χ0) is 20.9. The van der Waals surface area contributed by atoms with Crippen LogP contribution in [0.15, 0.2) is 88.2 Å². The van der Waals surface area contributed by atoms with Crippen LogP contribution >= 0.6 is 27.7 Å². The monoisotopic (exact) mass is 479 g/mol. The highest BCUT2D eigenvalue weighted by molar-refractivity contribution is 9.10. The molecule has 3 aromatic rings. The van der Waals surface area contributed by atoms with E-state index in [1.54, 1.807) is 6.08 Å². The van der Waals surface area contributed by atoms with E-state index in [9.17, 15) is 9.59 Å². The Bertz CT molecular complexity index is 1100. The quantitative estimate of drug-likeness (QED) is 0.391. The topological polar surface area (TPSA) is 46.6 Å². The summed E-state index contributed by atoms with van der Waals surface area (Å²) >= 11 is 4.35. The van der Waals surface area contributed by atoms with Gasteiger partial charge in [0.1, 0.15) is 12.4 Å². The van der Waals surface area contributed by atoms with Gasteiger partial charge >= 0.3 is 0 Å². The molecule has 0 saturated carbocycles. The third-order valence-electron chi connectivity index (χ3n) is 4.57. The standard InChI is InChI=1S/C24H18BrNO3S/c25-20-12-10-17(11-13-20)15-26-23(27)22(30-24(26)28)14-19-8-4-5-9-21(19)29-16-18-6-2-1-3-7-18/h1-14H,15-16H2/b22-14-. The summed E-state index contributed by atoms with van der Waals surface area (Å²) in [4.78, 5) is 27.0. The minimum absolute atomic E-state index is 0.251. The second-order valence-electron chi connectivity index (χ2n) is 6.71. The van der Waals surface area contributed by atoms with Crippen molar-refractivity contribution in [3.05, 3.63) is 105 Å². The summed E-state index contributed by atoms with van der Waals surface area (Å²) in [5.74, 6) is 0.381. The molecule has 1 aliphatic rings. The first-order valence-corrected chi connectivity index (χ1v) is 11.0. The van der Waals surface area contributed by atoms with Crippen molar-refractivity contribution in [3.8, 4) is 5.75 Å². The number of hydrogen-bond donors (Lipinski definition) is 0. The van der Waals surface area contributed by atoms with E-state index in [1.165, 1.54) is 4.90 Å². The maximum atomic E-state index is 12.8. The normalized spacial score (nSPS) is 15.1. The van der Waals surface area contributed by atoms with Crippen LogP contribution in [0.2, 0.25) is 0 Å². The molecule has 4 nitrogen and oxygen atoms in total. The van der Waals surface area contributed by atoms with E-state index < -0.39 is 0 Å². The molecular formula is C24H18BrNO3S. The van der Waals surface area contributed by atoms with Crippen LogP contribution in [0.4, 0.5) is 4.79 Å². The summed E-state index contributed by atoms with van der Waals surface area (Å²) in [6.45, 7) is 0.679. The molecule has 2 amide bonds. The van der Waals surface area contributed by atoms with Crippen molar-refractivity contribution in [1.82, 2.24) is 4.90 Å². The molecule has 1 fully saturated rings. The van der Waals surface area contributed by atoms with Crippen LogP contribution in [-0.2, 0) is 17.9 Å². The van der Waals surface area contributed by atoms with Gasteiger partial charge in [0.15, 0.2) is 0 Å². The molecule has 150 valence electrons. The summed E-state index contributed by atoms with van der Waals surface area (Å²) in [7, 11) is 0. The number of thioether (sulfide) groups is 1. The van der Waals surface area contributed by atoms with Gasteiger partial charge in [-0.1, -0.05) is 76.6 Å². The second-order valence-corrected chi connectivity index (χ2v) is 8.62. The number of carbonyl (C=O) groups excluding carboxylic acids is 2. The number of carbonyl (C=O) groups is 2. The van der Waals surface area contributed by atoms with E-state index >= 15 is 0 Å². The molecule has 1 heterocycles. The predicted octanol–water partition coefficient (Wildman–Crippen LogP) is 6.26. The van der Waals surface area contributed by atoms with Gasteiger partial charge < -0.3 is 4.74 Å². The summed E-state index contributed by atoms with van der Waals surface area (Å²) in [5, 5.41) is -0.267. The van der Waals surface area contributed by atoms with Crippen molar-refractivity contribution in [2.75, 3.05) is 0 Å². The Labute approximate surface area is 187 Å². The SMILES string of the molecule is O=C1S/C(=C\c2ccccc2OCc2ccccc2)C(=O)N1Cc1ccc(Br)cc1. The number of halogens is 1. The van der Waals surface area contributed by atoms with Crippen molar-refractivity contribution >= 4 is 44.9 Å². The van der Waals surface area contributed by atoms with Crippen LogP contribution in [0.25, 0.3) is 6.08 Å². The van der Waals surface area contributed by atoms with Gasteiger partial charge in [-0.2, -0.15) is 0 Å². The summed E-state index contributed by atoms with van der Waals surface area (Å²) < 4.78 is 6.91. The minimum atomic E-state index is -0.286. The Morgan fingerprint density at radius 2 is 1.57 bits per heavy atom. The van der Waals surface area contributed by atoms with E-state index in [1.807, 2.05) is 78.9 Å². The highest BCUT2D eigenvalue weighted by Crippen LogP contribution is 2.35. The van der Waals surface area contributed by atoms with Crippen molar-refractivity contribution < 1.29 is 14.3 Å². The molecular weight excluding hydrogens is 462 g/mol. The number of benzene rings is 3. The lowest BCUT2D eigenvalue weighted by Crippen LogP contribution is -2.27. The fourth-order valence-electron chi connectivity index (χ4n) is 3.02. The molecule has 0 radical (unpaired) electrons. The van der Waals surface area contributed by atoms with Gasteiger partial charge in [0.05, 0.1) is 11.4 Å². The number of amides is 2. The van der Waals surface area contributed by atoms with E-state index in [0.717, 1.165) is 32.9 Å². The number of imide groups is 1. The van der Waals surface area contributed by atoms with E-state index in [2.05, 4.69) is 15.9 Å². The maximum absolute atomic E-state index is 12.8. The fraction of sp³-hybridized carbons (Fsp3) is 0.0833. The van der Waals surface area contributed by atoms with Crippen LogP contribution < -0.4 is 4.74 Å². The van der Waals surface area contributed by atoms with Crippen LogP contribution in [0.1, 0.15) is 16.7 Å². The molecule has 0 aromatic heterocycles. The molecule has 0 atom stereocenters. The molecule has 0 N–H and O–H groups in total. The number of nitrogens with zero attached hydrogens (tertiary/aromatic N) is 1. The summed E-state index contributed by atoms with van der Waals surface area (Å²) in [5.41, 5.74) is 2.72. The minimum Gasteiger partial charge on any atom is -0.488 e. The van der Waals surface area contributed by atoms with Crippen LogP contribution in [0, 0.1) is 0 Å².